The van der Waals surface area contributed by atoms with Crippen LogP contribution in [0.15, 0.2) is 36.5 Å². The Kier molecular flexibility index (Phi) is 5.50. The molecule has 0 saturated carbocycles. The number of rotatable bonds is 7. The fourth-order valence-electron chi connectivity index (χ4n) is 2.18. The quantitative estimate of drug-likeness (QED) is 0.822. The third-order valence-corrected chi connectivity index (χ3v) is 4.01. The number of amides is 1. The maximum absolute atomic E-state index is 12.9. The van der Waals surface area contributed by atoms with Crippen LogP contribution in [0.5, 0.6) is 0 Å². The Hall–Kier alpha value is -2.21. The van der Waals surface area contributed by atoms with Crippen LogP contribution in [0.4, 0.5) is 4.39 Å². The molecule has 1 aromatic heterocycles. The van der Waals surface area contributed by atoms with Gasteiger partial charge in [0.2, 0.25) is 5.91 Å². The Bertz CT molecular complexity index is 648. The number of nitrogens with zero attached hydrogens (tertiary/aromatic N) is 2. The molecule has 1 aromatic carbocycles. The number of carbonyl (C=O) groups excluding carboxylic acids is 1. The van der Waals surface area contributed by atoms with E-state index in [1.165, 1.54) is 12.1 Å². The highest BCUT2D eigenvalue weighted by Gasteiger charge is 2.22. The van der Waals surface area contributed by atoms with Crippen LogP contribution in [0.25, 0.3) is 5.69 Å². The van der Waals surface area contributed by atoms with Gasteiger partial charge in [-0.15, -0.1) is 0 Å². The molecule has 124 valence electrons. The third kappa shape index (κ3) is 4.63. The molecule has 1 heterocycles. The summed E-state index contributed by atoms with van der Waals surface area (Å²) in [6.45, 7) is 4.01. The Morgan fingerprint density at radius 1 is 1.26 bits per heavy atom. The number of aromatic nitrogens is 2. The molecule has 0 saturated heterocycles. The zero-order chi connectivity index (χ0) is 16.9. The largest absolute Gasteiger partial charge is 0.388 e. The van der Waals surface area contributed by atoms with Gasteiger partial charge < -0.3 is 10.4 Å². The van der Waals surface area contributed by atoms with Gasteiger partial charge in [-0.25, -0.2) is 9.07 Å². The van der Waals surface area contributed by atoms with Gasteiger partial charge >= 0.3 is 0 Å². The molecule has 0 aliphatic heterocycles. The fourth-order valence-corrected chi connectivity index (χ4v) is 2.18. The molecular weight excluding hydrogens is 297 g/mol. The predicted octanol–water partition coefficient (Wildman–Crippen LogP) is 2.22. The summed E-state index contributed by atoms with van der Waals surface area (Å²) in [6.07, 6.45) is 3.04. The molecule has 5 nitrogen and oxygen atoms in total. The van der Waals surface area contributed by atoms with Gasteiger partial charge in [-0.3, -0.25) is 4.79 Å². The molecule has 0 radical (unpaired) electrons. The number of carbonyl (C=O) groups is 1. The minimum atomic E-state index is -0.858. The Morgan fingerprint density at radius 2 is 1.91 bits per heavy atom. The van der Waals surface area contributed by atoms with Crippen LogP contribution < -0.4 is 5.32 Å². The lowest BCUT2D eigenvalue weighted by molar-refractivity contribution is -0.121. The van der Waals surface area contributed by atoms with Gasteiger partial charge in [0, 0.05) is 12.7 Å². The zero-order valence-electron chi connectivity index (χ0n) is 13.4. The maximum Gasteiger partial charge on any atom is 0.226 e. The van der Waals surface area contributed by atoms with Crippen LogP contribution in [-0.2, 0) is 11.2 Å². The molecule has 2 aromatic rings. The fraction of sp³-hybridized carbons (Fsp3) is 0.412. The van der Waals surface area contributed by atoms with Gasteiger partial charge in [0.1, 0.15) is 5.82 Å². The van der Waals surface area contributed by atoms with E-state index in [1.54, 1.807) is 29.1 Å². The standard InChI is InChI=1S/C17H22FN3O2/c1-3-17(23,4-2)12-19-16(22)11-14-9-10-21(20-14)15-7-5-13(18)6-8-15/h5-10,23H,3-4,11-12H2,1-2H3,(H,19,22). The van der Waals surface area contributed by atoms with E-state index in [0.29, 0.717) is 18.5 Å². The summed E-state index contributed by atoms with van der Waals surface area (Å²) >= 11 is 0. The molecule has 23 heavy (non-hydrogen) atoms. The lowest BCUT2D eigenvalue weighted by Gasteiger charge is -2.25. The topological polar surface area (TPSA) is 67.2 Å². The minimum Gasteiger partial charge on any atom is -0.388 e. The van der Waals surface area contributed by atoms with Crippen molar-refractivity contribution in [3.63, 3.8) is 0 Å². The van der Waals surface area contributed by atoms with Gasteiger partial charge in [-0.05, 0) is 43.2 Å². The molecule has 0 spiro atoms. The number of aliphatic hydroxyl groups is 1. The van der Waals surface area contributed by atoms with E-state index in [4.69, 9.17) is 0 Å². The van der Waals surface area contributed by atoms with Crippen molar-refractivity contribution in [2.75, 3.05) is 6.54 Å². The molecule has 6 heteroatoms. The highest BCUT2D eigenvalue weighted by Crippen LogP contribution is 2.13. The number of nitrogens with one attached hydrogen (secondary N) is 1. The average Bonchev–Trinajstić information content (AvgIpc) is 3.01. The molecule has 0 aliphatic rings. The second-order valence-corrected chi connectivity index (χ2v) is 5.61. The Balaban J connectivity index is 1.94. The summed E-state index contributed by atoms with van der Waals surface area (Å²) in [5.41, 5.74) is 0.483. The summed E-state index contributed by atoms with van der Waals surface area (Å²) in [7, 11) is 0. The second kappa shape index (κ2) is 7.37. The predicted molar refractivity (Wildman–Crippen MR) is 85.8 cm³/mol. The third-order valence-electron chi connectivity index (χ3n) is 4.01. The van der Waals surface area contributed by atoms with E-state index in [0.717, 1.165) is 5.69 Å². The highest BCUT2D eigenvalue weighted by molar-refractivity contribution is 5.78. The number of hydrogen-bond acceptors (Lipinski definition) is 3. The minimum absolute atomic E-state index is 0.137. The van der Waals surface area contributed by atoms with Gasteiger partial charge in [0.05, 0.1) is 23.4 Å². The number of hydrogen-bond donors (Lipinski definition) is 2. The summed E-state index contributed by atoms with van der Waals surface area (Å²) in [5, 5.41) is 17.2. The zero-order valence-corrected chi connectivity index (χ0v) is 13.4. The Labute approximate surface area is 135 Å². The van der Waals surface area contributed by atoms with Crippen LogP contribution in [0.3, 0.4) is 0 Å². The van der Waals surface area contributed by atoms with E-state index in [1.807, 2.05) is 13.8 Å². The van der Waals surface area contributed by atoms with Gasteiger partial charge in [-0.2, -0.15) is 5.10 Å². The van der Waals surface area contributed by atoms with Crippen LogP contribution in [0, 0.1) is 5.82 Å². The Morgan fingerprint density at radius 3 is 2.52 bits per heavy atom. The van der Waals surface area contributed by atoms with Crippen LogP contribution in [0.1, 0.15) is 32.4 Å². The van der Waals surface area contributed by atoms with E-state index < -0.39 is 5.60 Å². The smallest absolute Gasteiger partial charge is 0.226 e. The first-order valence-corrected chi connectivity index (χ1v) is 7.75. The monoisotopic (exact) mass is 319 g/mol. The summed E-state index contributed by atoms with van der Waals surface area (Å²) < 4.78 is 14.5. The van der Waals surface area contributed by atoms with Crippen molar-refractivity contribution in [1.29, 1.82) is 0 Å². The molecule has 1 amide bonds. The second-order valence-electron chi connectivity index (χ2n) is 5.61. The van der Waals surface area contributed by atoms with E-state index in [2.05, 4.69) is 10.4 Å². The van der Waals surface area contributed by atoms with Crippen molar-refractivity contribution in [1.82, 2.24) is 15.1 Å². The average molecular weight is 319 g/mol. The van der Waals surface area contributed by atoms with Crippen molar-refractivity contribution in [3.05, 3.63) is 48.0 Å². The molecular formula is C17H22FN3O2. The summed E-state index contributed by atoms with van der Waals surface area (Å²) in [4.78, 5) is 12.0. The summed E-state index contributed by atoms with van der Waals surface area (Å²) in [6, 6.07) is 7.71. The molecule has 0 atom stereocenters. The van der Waals surface area contributed by atoms with E-state index >= 15 is 0 Å². The highest BCUT2D eigenvalue weighted by atomic mass is 19.1. The van der Waals surface area contributed by atoms with Gasteiger partial charge in [0.15, 0.2) is 0 Å². The van der Waals surface area contributed by atoms with Crippen molar-refractivity contribution in [2.45, 2.75) is 38.7 Å². The van der Waals surface area contributed by atoms with Crippen molar-refractivity contribution in [2.24, 2.45) is 0 Å². The SMILES string of the molecule is CCC(O)(CC)CNC(=O)Cc1ccn(-c2ccc(F)cc2)n1. The summed E-state index contributed by atoms with van der Waals surface area (Å²) in [5.74, 6) is -0.491. The van der Waals surface area contributed by atoms with Gasteiger partial charge in [0.25, 0.3) is 0 Å². The number of halogens is 1. The molecule has 2 rings (SSSR count). The van der Waals surface area contributed by atoms with Crippen molar-refractivity contribution in [3.8, 4) is 5.69 Å². The lowest BCUT2D eigenvalue weighted by atomic mass is 9.97. The number of benzene rings is 1. The molecule has 0 unspecified atom stereocenters. The van der Waals surface area contributed by atoms with Crippen LogP contribution >= 0.6 is 0 Å². The molecule has 0 aliphatic carbocycles. The van der Waals surface area contributed by atoms with E-state index in [9.17, 15) is 14.3 Å². The van der Waals surface area contributed by atoms with Crippen LogP contribution in [-0.4, -0.2) is 32.9 Å². The first-order chi connectivity index (χ1) is 11.0. The normalized spacial score (nSPS) is 11.5. The van der Waals surface area contributed by atoms with Crippen LogP contribution in [0.2, 0.25) is 0 Å². The van der Waals surface area contributed by atoms with Crippen molar-refractivity contribution >= 4 is 5.91 Å². The lowest BCUT2D eigenvalue weighted by Crippen LogP contribution is -2.42. The van der Waals surface area contributed by atoms with Crippen molar-refractivity contribution < 1.29 is 14.3 Å². The van der Waals surface area contributed by atoms with E-state index in [-0.39, 0.29) is 24.7 Å². The molecule has 2 N–H and O–H groups in total. The first-order valence-electron chi connectivity index (χ1n) is 7.75. The molecule has 0 bridgehead atoms. The maximum atomic E-state index is 12.9. The van der Waals surface area contributed by atoms with Gasteiger partial charge in [-0.1, -0.05) is 13.8 Å². The molecule has 0 fully saturated rings. The first kappa shape index (κ1) is 17.1.